The topological polar surface area (TPSA) is 0 Å². The summed E-state index contributed by atoms with van der Waals surface area (Å²) in [6.45, 7) is 8.99. The van der Waals surface area contributed by atoms with Crippen molar-refractivity contribution < 1.29 is 0 Å². The van der Waals surface area contributed by atoms with Crippen LogP contribution in [0.2, 0.25) is 0 Å². The summed E-state index contributed by atoms with van der Waals surface area (Å²) in [5, 5.41) is 0. The molecule has 0 saturated heterocycles. The van der Waals surface area contributed by atoms with Gasteiger partial charge in [0.2, 0.25) is 0 Å². The Bertz CT molecular complexity index is 285. The molecule has 0 aliphatic heterocycles. The molecule has 0 aromatic rings. The van der Waals surface area contributed by atoms with Crippen molar-refractivity contribution in [3.05, 3.63) is 36.0 Å². The van der Waals surface area contributed by atoms with Gasteiger partial charge in [-0.05, 0) is 49.5 Å². The van der Waals surface area contributed by atoms with Crippen LogP contribution in [0.3, 0.4) is 0 Å². The molecule has 0 unspecified atom stereocenters. The largest absolute Gasteiger partial charge is 0.0874 e. The van der Waals surface area contributed by atoms with Crippen molar-refractivity contribution in [2.75, 3.05) is 0 Å². The van der Waals surface area contributed by atoms with Crippen molar-refractivity contribution in [2.45, 2.75) is 53.4 Å². The molecule has 1 aliphatic rings. The summed E-state index contributed by atoms with van der Waals surface area (Å²) in [5.74, 6) is 0.906. The first-order chi connectivity index (χ1) is 7.68. The minimum atomic E-state index is 0.476. The maximum atomic E-state index is 2.36. The van der Waals surface area contributed by atoms with Crippen molar-refractivity contribution in [1.82, 2.24) is 0 Å². The third-order valence-electron chi connectivity index (χ3n) is 3.76. The Labute approximate surface area is 101 Å². The Balaban J connectivity index is 2.84. The van der Waals surface area contributed by atoms with Crippen LogP contribution in [-0.2, 0) is 0 Å². The molecule has 0 heteroatoms. The third kappa shape index (κ3) is 2.87. The molecule has 1 rings (SSSR count). The van der Waals surface area contributed by atoms with E-state index >= 15 is 0 Å². The van der Waals surface area contributed by atoms with Crippen LogP contribution in [0.1, 0.15) is 53.4 Å². The zero-order valence-electron chi connectivity index (χ0n) is 11.3. The van der Waals surface area contributed by atoms with Gasteiger partial charge in [0.15, 0.2) is 0 Å². The Morgan fingerprint density at radius 2 is 2.00 bits per heavy atom. The number of allylic oxidation sites excluding steroid dienone is 6. The third-order valence-corrected chi connectivity index (χ3v) is 3.76. The normalized spacial score (nSPS) is 31.2. The van der Waals surface area contributed by atoms with Gasteiger partial charge in [-0.25, -0.2) is 0 Å². The lowest BCUT2D eigenvalue weighted by atomic mass is 9.57. The molecule has 0 atom stereocenters. The van der Waals surface area contributed by atoms with E-state index in [2.05, 4.69) is 58.1 Å². The van der Waals surface area contributed by atoms with Crippen molar-refractivity contribution in [3.63, 3.8) is 0 Å². The molecular formula is C16H26. The van der Waals surface area contributed by atoms with Crippen LogP contribution in [0, 0.1) is 11.3 Å². The Morgan fingerprint density at radius 1 is 1.31 bits per heavy atom. The van der Waals surface area contributed by atoms with E-state index in [9.17, 15) is 0 Å². The monoisotopic (exact) mass is 218 g/mol. The van der Waals surface area contributed by atoms with Gasteiger partial charge in [-0.15, -0.1) is 0 Å². The Kier molecular flexibility index (Phi) is 5.05. The number of rotatable bonds is 5. The molecule has 0 amide bonds. The molecule has 0 aromatic carbocycles. The molecule has 0 radical (unpaired) electrons. The summed E-state index contributed by atoms with van der Waals surface area (Å²) in [6.07, 6.45) is 16.4. The molecule has 0 N–H and O–H groups in total. The zero-order valence-corrected chi connectivity index (χ0v) is 11.3. The van der Waals surface area contributed by atoms with E-state index in [0.717, 1.165) is 12.3 Å². The highest BCUT2D eigenvalue weighted by Crippen LogP contribution is 2.53. The van der Waals surface area contributed by atoms with E-state index in [1.54, 1.807) is 0 Å². The van der Waals surface area contributed by atoms with Crippen molar-refractivity contribution in [3.8, 4) is 0 Å². The highest BCUT2D eigenvalue weighted by Gasteiger charge is 2.41. The summed E-state index contributed by atoms with van der Waals surface area (Å²) in [7, 11) is 0. The van der Waals surface area contributed by atoms with Gasteiger partial charge in [0.25, 0.3) is 0 Å². The highest BCUT2D eigenvalue weighted by molar-refractivity contribution is 5.32. The smallest absolute Gasteiger partial charge is 0.00446 e. The van der Waals surface area contributed by atoms with Crippen LogP contribution in [0.15, 0.2) is 36.0 Å². The second-order valence-corrected chi connectivity index (χ2v) is 5.11. The van der Waals surface area contributed by atoms with Gasteiger partial charge in [-0.1, -0.05) is 51.2 Å². The average Bonchev–Trinajstić information content (AvgIpc) is 2.24. The fourth-order valence-electron chi connectivity index (χ4n) is 2.90. The molecule has 16 heavy (non-hydrogen) atoms. The molecule has 1 aliphatic carbocycles. The lowest BCUT2D eigenvalue weighted by Gasteiger charge is -2.47. The lowest BCUT2D eigenvalue weighted by Crippen LogP contribution is -2.36. The first-order valence-corrected chi connectivity index (χ1v) is 6.68. The molecule has 0 aromatic heterocycles. The SMILES string of the molecule is C\C=C/C(=C\C=C\CC)C1(CC)CC(C)C1. The second kappa shape index (κ2) is 6.08. The number of hydrogen-bond donors (Lipinski definition) is 0. The Morgan fingerprint density at radius 3 is 2.44 bits per heavy atom. The first-order valence-electron chi connectivity index (χ1n) is 6.68. The van der Waals surface area contributed by atoms with Gasteiger partial charge in [0.1, 0.15) is 0 Å². The van der Waals surface area contributed by atoms with Crippen LogP contribution in [0.25, 0.3) is 0 Å². The van der Waals surface area contributed by atoms with Gasteiger partial charge in [0.05, 0.1) is 0 Å². The standard InChI is InChI=1S/C16H26/c1-5-8-9-11-15(10-6-2)16(7-3)12-14(4)13-16/h6,8-11,14H,5,7,12-13H2,1-4H3/b9-8+,10-6-,15-11+. The molecule has 90 valence electrons. The van der Waals surface area contributed by atoms with E-state index in [1.165, 1.54) is 24.8 Å². The second-order valence-electron chi connectivity index (χ2n) is 5.11. The van der Waals surface area contributed by atoms with Crippen LogP contribution >= 0.6 is 0 Å². The van der Waals surface area contributed by atoms with Crippen LogP contribution < -0.4 is 0 Å². The van der Waals surface area contributed by atoms with Gasteiger partial charge in [-0.3, -0.25) is 0 Å². The zero-order chi connectivity index (χ0) is 12.0. The fraction of sp³-hybridized carbons (Fsp3) is 0.625. The summed E-state index contributed by atoms with van der Waals surface area (Å²) < 4.78 is 0. The van der Waals surface area contributed by atoms with E-state index in [1.807, 2.05) is 0 Å². The highest BCUT2D eigenvalue weighted by atomic mass is 14.5. The Hall–Kier alpha value is -0.780. The minimum Gasteiger partial charge on any atom is -0.0874 e. The summed E-state index contributed by atoms with van der Waals surface area (Å²) >= 11 is 0. The quantitative estimate of drug-likeness (QED) is 0.551. The summed E-state index contributed by atoms with van der Waals surface area (Å²) in [4.78, 5) is 0. The van der Waals surface area contributed by atoms with Crippen molar-refractivity contribution >= 4 is 0 Å². The summed E-state index contributed by atoms with van der Waals surface area (Å²) in [5.41, 5.74) is 2.00. The molecular weight excluding hydrogens is 192 g/mol. The van der Waals surface area contributed by atoms with Crippen molar-refractivity contribution in [1.29, 1.82) is 0 Å². The average molecular weight is 218 g/mol. The fourth-order valence-corrected chi connectivity index (χ4v) is 2.90. The van der Waals surface area contributed by atoms with E-state index in [4.69, 9.17) is 0 Å². The van der Waals surface area contributed by atoms with Crippen LogP contribution in [0.4, 0.5) is 0 Å². The molecule has 0 bridgehead atoms. The van der Waals surface area contributed by atoms with Gasteiger partial charge in [0, 0.05) is 0 Å². The summed E-state index contributed by atoms with van der Waals surface area (Å²) in [6, 6.07) is 0. The van der Waals surface area contributed by atoms with E-state index < -0.39 is 0 Å². The number of hydrogen-bond acceptors (Lipinski definition) is 0. The predicted octanol–water partition coefficient (Wildman–Crippen LogP) is 5.28. The van der Waals surface area contributed by atoms with Gasteiger partial charge in [-0.2, -0.15) is 0 Å². The van der Waals surface area contributed by atoms with Crippen LogP contribution in [0.5, 0.6) is 0 Å². The van der Waals surface area contributed by atoms with E-state index in [0.29, 0.717) is 5.41 Å². The maximum absolute atomic E-state index is 2.36. The molecule has 0 spiro atoms. The molecule has 0 nitrogen and oxygen atoms in total. The molecule has 0 heterocycles. The van der Waals surface area contributed by atoms with Crippen LogP contribution in [-0.4, -0.2) is 0 Å². The van der Waals surface area contributed by atoms with Gasteiger partial charge >= 0.3 is 0 Å². The maximum Gasteiger partial charge on any atom is -0.00446 e. The predicted molar refractivity (Wildman–Crippen MR) is 73.5 cm³/mol. The molecule has 1 saturated carbocycles. The van der Waals surface area contributed by atoms with Gasteiger partial charge < -0.3 is 0 Å². The van der Waals surface area contributed by atoms with E-state index in [-0.39, 0.29) is 0 Å². The minimum absolute atomic E-state index is 0.476. The first kappa shape index (κ1) is 13.3. The lowest BCUT2D eigenvalue weighted by molar-refractivity contribution is 0.107. The molecule has 1 fully saturated rings. The van der Waals surface area contributed by atoms with Crippen molar-refractivity contribution in [2.24, 2.45) is 11.3 Å².